The third-order valence-electron chi connectivity index (χ3n) is 3.40. The van der Waals surface area contributed by atoms with Gasteiger partial charge in [0.2, 0.25) is 0 Å². The summed E-state index contributed by atoms with van der Waals surface area (Å²) in [5.74, 6) is 0. The molecule has 2 rings (SSSR count). The molecule has 114 valence electrons. The first kappa shape index (κ1) is 15.2. The van der Waals surface area contributed by atoms with Crippen molar-refractivity contribution in [2.75, 3.05) is 31.2 Å². The number of fused-ring (bicyclic) bond motifs is 1. The van der Waals surface area contributed by atoms with Gasteiger partial charge in [-0.05, 0) is 6.07 Å². The summed E-state index contributed by atoms with van der Waals surface area (Å²) in [6.07, 6.45) is 1.50. The molecule has 0 saturated heterocycles. The number of aromatic nitrogens is 3. The number of aryl methyl sites for hydroxylation is 1. The zero-order chi connectivity index (χ0) is 15.6. The molecule has 0 saturated carbocycles. The second-order valence-corrected chi connectivity index (χ2v) is 4.67. The first-order valence-corrected chi connectivity index (χ1v) is 6.54. The lowest BCUT2D eigenvalue weighted by Gasteiger charge is -2.24. The zero-order valence-corrected chi connectivity index (χ0v) is 12.0. The fourth-order valence-electron chi connectivity index (χ4n) is 2.33. The highest BCUT2D eigenvalue weighted by Crippen LogP contribution is 2.20. The first-order valence-electron chi connectivity index (χ1n) is 6.54. The van der Waals surface area contributed by atoms with E-state index in [0.717, 1.165) is 4.57 Å². The van der Waals surface area contributed by atoms with E-state index in [9.17, 15) is 9.59 Å². The lowest BCUT2D eigenvalue weighted by molar-refractivity contribution is 0.281. The molecule has 8 heteroatoms. The second-order valence-electron chi connectivity index (χ2n) is 4.67. The van der Waals surface area contributed by atoms with Gasteiger partial charge in [0.1, 0.15) is 5.39 Å². The minimum atomic E-state index is -0.451. The van der Waals surface area contributed by atoms with Gasteiger partial charge in [-0.2, -0.15) is 0 Å². The van der Waals surface area contributed by atoms with Crippen molar-refractivity contribution in [1.29, 1.82) is 0 Å². The van der Waals surface area contributed by atoms with Crippen LogP contribution in [-0.4, -0.2) is 50.6 Å². The van der Waals surface area contributed by atoms with E-state index in [4.69, 9.17) is 10.2 Å². The van der Waals surface area contributed by atoms with Crippen LogP contribution in [-0.2, 0) is 14.1 Å². The monoisotopic (exact) mass is 294 g/mol. The van der Waals surface area contributed by atoms with Gasteiger partial charge >= 0.3 is 5.69 Å². The largest absolute Gasteiger partial charge is 0.395 e. The van der Waals surface area contributed by atoms with Crippen LogP contribution < -0.4 is 16.1 Å². The van der Waals surface area contributed by atoms with Crippen molar-refractivity contribution >= 4 is 16.7 Å². The smallest absolute Gasteiger partial charge is 0.332 e. The molecule has 21 heavy (non-hydrogen) atoms. The maximum atomic E-state index is 12.4. The van der Waals surface area contributed by atoms with Crippen LogP contribution in [0.5, 0.6) is 0 Å². The number of anilines is 1. The summed E-state index contributed by atoms with van der Waals surface area (Å²) in [5, 5.41) is 18.6. The minimum Gasteiger partial charge on any atom is -0.395 e. The highest BCUT2D eigenvalue weighted by Gasteiger charge is 2.17. The molecule has 8 nitrogen and oxygen atoms in total. The van der Waals surface area contributed by atoms with E-state index >= 15 is 0 Å². The molecule has 0 aliphatic carbocycles. The number of aliphatic hydroxyl groups is 2. The highest BCUT2D eigenvalue weighted by molar-refractivity contribution is 5.88. The van der Waals surface area contributed by atoms with Crippen molar-refractivity contribution in [2.24, 2.45) is 14.1 Å². The van der Waals surface area contributed by atoms with Crippen LogP contribution in [0.2, 0.25) is 0 Å². The van der Waals surface area contributed by atoms with Gasteiger partial charge in [-0.25, -0.2) is 9.78 Å². The van der Waals surface area contributed by atoms with E-state index in [0.29, 0.717) is 11.1 Å². The molecule has 2 aromatic rings. The average molecular weight is 294 g/mol. The number of aliphatic hydroxyl groups excluding tert-OH is 2. The van der Waals surface area contributed by atoms with E-state index in [1.165, 1.54) is 17.8 Å². The van der Waals surface area contributed by atoms with Crippen molar-refractivity contribution in [2.45, 2.75) is 0 Å². The number of nitrogens with zero attached hydrogens (tertiary/aromatic N) is 4. The molecule has 0 aromatic carbocycles. The predicted octanol–water partition coefficient (Wildman–Crippen LogP) is -1.58. The van der Waals surface area contributed by atoms with Crippen LogP contribution in [0.15, 0.2) is 21.9 Å². The summed E-state index contributed by atoms with van der Waals surface area (Å²) in [4.78, 5) is 30.1. The number of hydrogen-bond donors (Lipinski definition) is 2. The maximum absolute atomic E-state index is 12.4. The predicted molar refractivity (Wildman–Crippen MR) is 78.6 cm³/mol. The fourth-order valence-corrected chi connectivity index (χ4v) is 2.33. The molecule has 0 fully saturated rings. The second kappa shape index (κ2) is 6.06. The fraction of sp³-hybridized carbons (Fsp3) is 0.462. The molecule has 2 N–H and O–H groups in total. The van der Waals surface area contributed by atoms with Crippen molar-refractivity contribution in [1.82, 2.24) is 14.1 Å². The molecular formula is C13H18N4O4. The lowest BCUT2D eigenvalue weighted by atomic mass is 10.2. The van der Waals surface area contributed by atoms with Crippen LogP contribution in [0, 0.1) is 0 Å². The van der Waals surface area contributed by atoms with Gasteiger partial charge in [0.25, 0.3) is 5.56 Å². The first-order chi connectivity index (χ1) is 10.0. The Labute approximate surface area is 120 Å². The summed E-state index contributed by atoms with van der Waals surface area (Å²) in [6, 6.07) is 1.64. The Bertz CT molecular complexity index is 759. The molecule has 2 aromatic heterocycles. The van der Waals surface area contributed by atoms with Gasteiger partial charge in [-0.3, -0.25) is 13.9 Å². The molecule has 0 unspecified atom stereocenters. The van der Waals surface area contributed by atoms with Gasteiger partial charge < -0.3 is 15.1 Å². The van der Waals surface area contributed by atoms with Crippen molar-refractivity contribution in [3.05, 3.63) is 33.1 Å². The normalized spacial score (nSPS) is 11.0. The average Bonchev–Trinajstić information content (AvgIpc) is 2.50. The Morgan fingerprint density at radius 3 is 2.33 bits per heavy atom. The van der Waals surface area contributed by atoms with Crippen LogP contribution >= 0.6 is 0 Å². The molecule has 0 atom stereocenters. The lowest BCUT2D eigenvalue weighted by Crippen LogP contribution is -2.39. The van der Waals surface area contributed by atoms with Gasteiger partial charge in [-0.15, -0.1) is 0 Å². The van der Waals surface area contributed by atoms with Gasteiger partial charge in [0.05, 0.1) is 18.9 Å². The summed E-state index contributed by atoms with van der Waals surface area (Å²) in [5.41, 5.74) is -0.0779. The van der Waals surface area contributed by atoms with Crippen molar-refractivity contribution in [3.63, 3.8) is 0 Å². The van der Waals surface area contributed by atoms with E-state index in [-0.39, 0.29) is 32.0 Å². The van der Waals surface area contributed by atoms with E-state index in [1.54, 1.807) is 18.0 Å². The minimum absolute atomic E-state index is 0.115. The quantitative estimate of drug-likeness (QED) is 0.690. The maximum Gasteiger partial charge on any atom is 0.332 e. The molecule has 0 radical (unpaired) electrons. The van der Waals surface area contributed by atoms with E-state index in [2.05, 4.69) is 4.98 Å². The SMILES string of the molecule is Cn1c(=O)c2c(N(CCO)CCO)ccnc2n(C)c1=O. The van der Waals surface area contributed by atoms with Crippen LogP contribution in [0.3, 0.4) is 0 Å². The van der Waals surface area contributed by atoms with Gasteiger partial charge in [0, 0.05) is 33.4 Å². The Kier molecular flexibility index (Phi) is 4.39. The Balaban J connectivity index is 2.82. The van der Waals surface area contributed by atoms with Gasteiger partial charge in [0.15, 0.2) is 5.65 Å². The standard InChI is InChI=1S/C13H18N4O4/c1-15-11-10(12(20)16(2)13(15)21)9(3-4-14-11)17(5-7-18)6-8-19/h3-4,18-19H,5-8H2,1-2H3. The Hall–Kier alpha value is -2.19. The van der Waals surface area contributed by atoms with Gasteiger partial charge in [-0.1, -0.05) is 0 Å². The number of pyridine rings is 1. The van der Waals surface area contributed by atoms with Crippen molar-refractivity contribution in [3.8, 4) is 0 Å². The summed E-state index contributed by atoms with van der Waals surface area (Å²) < 4.78 is 2.32. The van der Waals surface area contributed by atoms with Crippen LogP contribution in [0.1, 0.15) is 0 Å². The highest BCUT2D eigenvalue weighted by atomic mass is 16.3. The van der Waals surface area contributed by atoms with Crippen LogP contribution in [0.4, 0.5) is 5.69 Å². The van der Waals surface area contributed by atoms with Crippen molar-refractivity contribution < 1.29 is 10.2 Å². The Morgan fingerprint density at radius 1 is 1.14 bits per heavy atom. The summed E-state index contributed by atoms with van der Waals surface area (Å²) in [7, 11) is 2.95. The summed E-state index contributed by atoms with van der Waals surface area (Å²) in [6.45, 7) is 0.309. The number of hydrogen-bond acceptors (Lipinski definition) is 6. The molecule has 0 amide bonds. The molecule has 0 spiro atoms. The molecule has 0 bridgehead atoms. The Morgan fingerprint density at radius 2 is 1.76 bits per heavy atom. The topological polar surface area (TPSA) is 101 Å². The molecular weight excluding hydrogens is 276 g/mol. The van der Waals surface area contributed by atoms with E-state index < -0.39 is 11.2 Å². The molecule has 0 aliphatic heterocycles. The van der Waals surface area contributed by atoms with E-state index in [1.807, 2.05) is 0 Å². The summed E-state index contributed by atoms with van der Waals surface area (Å²) >= 11 is 0. The molecule has 0 aliphatic rings. The third kappa shape index (κ3) is 2.55. The zero-order valence-electron chi connectivity index (χ0n) is 12.0. The molecule has 2 heterocycles. The number of rotatable bonds is 5. The van der Waals surface area contributed by atoms with Crippen LogP contribution in [0.25, 0.3) is 11.0 Å². The third-order valence-corrected chi connectivity index (χ3v) is 3.40.